The summed E-state index contributed by atoms with van der Waals surface area (Å²) in [6.45, 7) is 4.20. The topological polar surface area (TPSA) is 21.3 Å². The Balaban J connectivity index is 1.77. The van der Waals surface area contributed by atoms with Crippen LogP contribution in [-0.2, 0) is 10.2 Å². The van der Waals surface area contributed by atoms with Crippen molar-refractivity contribution in [3.8, 4) is 0 Å². The number of ether oxygens (including phenoxy) is 1. The summed E-state index contributed by atoms with van der Waals surface area (Å²) in [5.74, 6) is 0.837. The van der Waals surface area contributed by atoms with Crippen molar-refractivity contribution in [1.29, 1.82) is 0 Å². The van der Waals surface area contributed by atoms with Crippen molar-refractivity contribution in [2.75, 3.05) is 26.3 Å². The molecule has 0 bridgehead atoms. The van der Waals surface area contributed by atoms with Crippen molar-refractivity contribution >= 4 is 0 Å². The Hall–Kier alpha value is -0.860. The molecule has 2 aliphatic heterocycles. The zero-order valence-corrected chi connectivity index (χ0v) is 9.61. The Morgan fingerprint density at radius 3 is 2.62 bits per heavy atom. The quantitative estimate of drug-likeness (QED) is 0.835. The maximum atomic E-state index is 5.48. The van der Waals surface area contributed by atoms with Gasteiger partial charge in [-0.15, -0.1) is 0 Å². The molecule has 1 aromatic rings. The molecule has 2 fully saturated rings. The highest BCUT2D eigenvalue weighted by Gasteiger charge is 2.42. The third kappa shape index (κ3) is 1.76. The molecule has 2 aliphatic rings. The molecule has 0 saturated carbocycles. The molecule has 0 aromatic heterocycles. The fourth-order valence-electron chi connectivity index (χ4n) is 2.98. The molecule has 86 valence electrons. The summed E-state index contributed by atoms with van der Waals surface area (Å²) in [5.41, 5.74) is 1.78. The minimum atomic E-state index is 0.317. The summed E-state index contributed by atoms with van der Waals surface area (Å²) in [4.78, 5) is 0. The van der Waals surface area contributed by atoms with Gasteiger partial charge in [-0.2, -0.15) is 0 Å². The van der Waals surface area contributed by atoms with Crippen molar-refractivity contribution in [2.45, 2.75) is 18.3 Å². The predicted octanol–water partition coefficient (Wildman–Crippen LogP) is 1.95. The van der Waals surface area contributed by atoms with Gasteiger partial charge >= 0.3 is 0 Å². The van der Waals surface area contributed by atoms with Gasteiger partial charge in [0, 0.05) is 5.41 Å². The number of hydrogen-bond donors (Lipinski definition) is 1. The number of benzene rings is 1. The SMILES string of the molecule is c1ccc(C2(CC3CCNC3)COC2)cc1. The van der Waals surface area contributed by atoms with Crippen molar-refractivity contribution in [3.05, 3.63) is 35.9 Å². The summed E-state index contributed by atoms with van der Waals surface area (Å²) >= 11 is 0. The molecule has 2 heterocycles. The van der Waals surface area contributed by atoms with Gasteiger partial charge in [0.25, 0.3) is 0 Å². The number of rotatable bonds is 3. The van der Waals surface area contributed by atoms with Crippen LogP contribution in [0.25, 0.3) is 0 Å². The Bertz CT molecular complexity index is 339. The molecule has 1 unspecified atom stereocenters. The summed E-state index contributed by atoms with van der Waals surface area (Å²) < 4.78 is 5.48. The molecule has 1 atom stereocenters. The lowest BCUT2D eigenvalue weighted by molar-refractivity contribution is -0.0705. The Kier molecular flexibility index (Phi) is 2.70. The lowest BCUT2D eigenvalue weighted by Crippen LogP contribution is -2.48. The average molecular weight is 217 g/mol. The van der Waals surface area contributed by atoms with Crippen LogP contribution < -0.4 is 5.32 Å². The molecule has 0 amide bonds. The highest BCUT2D eigenvalue weighted by atomic mass is 16.5. The Labute approximate surface area is 97.0 Å². The van der Waals surface area contributed by atoms with Gasteiger partial charge in [-0.05, 0) is 37.4 Å². The standard InChI is InChI=1S/C14H19NO/c1-2-4-13(5-3-1)14(10-16-11-14)8-12-6-7-15-9-12/h1-5,12,15H,6-11H2. The lowest BCUT2D eigenvalue weighted by Gasteiger charge is -2.43. The van der Waals surface area contributed by atoms with Gasteiger partial charge < -0.3 is 10.1 Å². The zero-order chi connectivity index (χ0) is 10.8. The van der Waals surface area contributed by atoms with Crippen molar-refractivity contribution in [3.63, 3.8) is 0 Å². The summed E-state index contributed by atoms with van der Waals surface area (Å²) in [6, 6.07) is 10.9. The van der Waals surface area contributed by atoms with E-state index in [4.69, 9.17) is 4.74 Å². The molecule has 3 rings (SSSR count). The lowest BCUT2D eigenvalue weighted by atomic mass is 9.72. The highest BCUT2D eigenvalue weighted by molar-refractivity contribution is 5.28. The molecule has 2 nitrogen and oxygen atoms in total. The van der Waals surface area contributed by atoms with E-state index >= 15 is 0 Å². The van der Waals surface area contributed by atoms with Crippen LogP contribution in [0.5, 0.6) is 0 Å². The van der Waals surface area contributed by atoms with Gasteiger partial charge in [-0.3, -0.25) is 0 Å². The van der Waals surface area contributed by atoms with Crippen molar-refractivity contribution in [2.24, 2.45) is 5.92 Å². The molecular formula is C14H19NO. The molecule has 1 N–H and O–H groups in total. The Morgan fingerprint density at radius 1 is 1.25 bits per heavy atom. The van der Waals surface area contributed by atoms with E-state index in [1.165, 1.54) is 31.5 Å². The van der Waals surface area contributed by atoms with Crippen LogP contribution in [0.15, 0.2) is 30.3 Å². The first kappa shape index (κ1) is 10.3. The van der Waals surface area contributed by atoms with E-state index in [-0.39, 0.29) is 0 Å². The molecule has 1 aromatic carbocycles. The maximum absolute atomic E-state index is 5.48. The van der Waals surface area contributed by atoms with E-state index in [9.17, 15) is 0 Å². The minimum Gasteiger partial charge on any atom is -0.379 e. The molecule has 0 radical (unpaired) electrons. The van der Waals surface area contributed by atoms with Gasteiger partial charge in [0.15, 0.2) is 0 Å². The highest BCUT2D eigenvalue weighted by Crippen LogP contribution is 2.39. The van der Waals surface area contributed by atoms with E-state index < -0.39 is 0 Å². The van der Waals surface area contributed by atoms with Crippen molar-refractivity contribution < 1.29 is 4.74 Å². The molecular weight excluding hydrogens is 198 g/mol. The minimum absolute atomic E-state index is 0.317. The Morgan fingerprint density at radius 2 is 2.06 bits per heavy atom. The predicted molar refractivity (Wildman–Crippen MR) is 64.5 cm³/mol. The van der Waals surface area contributed by atoms with E-state index in [0.717, 1.165) is 19.1 Å². The first-order valence-electron chi connectivity index (χ1n) is 6.23. The monoisotopic (exact) mass is 217 g/mol. The van der Waals surface area contributed by atoms with E-state index in [1.807, 2.05) is 0 Å². The largest absolute Gasteiger partial charge is 0.379 e. The molecule has 0 spiro atoms. The van der Waals surface area contributed by atoms with Crippen LogP contribution in [0, 0.1) is 5.92 Å². The van der Waals surface area contributed by atoms with E-state index in [0.29, 0.717) is 5.41 Å². The van der Waals surface area contributed by atoms with Crippen molar-refractivity contribution in [1.82, 2.24) is 5.32 Å². The second-order valence-electron chi connectivity index (χ2n) is 5.20. The first-order chi connectivity index (χ1) is 7.89. The van der Waals surface area contributed by atoms with Gasteiger partial charge in [0.05, 0.1) is 13.2 Å². The van der Waals surface area contributed by atoms with E-state index in [1.54, 1.807) is 0 Å². The summed E-state index contributed by atoms with van der Waals surface area (Å²) in [5, 5.41) is 3.45. The molecule has 2 saturated heterocycles. The van der Waals surface area contributed by atoms with Gasteiger partial charge in [-0.1, -0.05) is 30.3 Å². The second kappa shape index (κ2) is 4.19. The smallest absolute Gasteiger partial charge is 0.0585 e. The molecule has 2 heteroatoms. The van der Waals surface area contributed by atoms with Gasteiger partial charge in [0.2, 0.25) is 0 Å². The summed E-state index contributed by atoms with van der Waals surface area (Å²) in [7, 11) is 0. The van der Waals surface area contributed by atoms with E-state index in [2.05, 4.69) is 35.6 Å². The van der Waals surface area contributed by atoms with Crippen LogP contribution in [0.2, 0.25) is 0 Å². The van der Waals surface area contributed by atoms with Crippen LogP contribution in [0.1, 0.15) is 18.4 Å². The third-order valence-electron chi connectivity index (χ3n) is 3.98. The first-order valence-corrected chi connectivity index (χ1v) is 6.23. The maximum Gasteiger partial charge on any atom is 0.0585 e. The van der Waals surface area contributed by atoms with Crippen LogP contribution in [-0.4, -0.2) is 26.3 Å². The fraction of sp³-hybridized carbons (Fsp3) is 0.571. The molecule has 16 heavy (non-hydrogen) atoms. The normalized spacial score (nSPS) is 27.6. The van der Waals surface area contributed by atoms with Gasteiger partial charge in [-0.25, -0.2) is 0 Å². The van der Waals surface area contributed by atoms with Crippen LogP contribution in [0.4, 0.5) is 0 Å². The number of nitrogens with one attached hydrogen (secondary N) is 1. The van der Waals surface area contributed by atoms with Crippen LogP contribution >= 0.6 is 0 Å². The number of hydrogen-bond acceptors (Lipinski definition) is 2. The fourth-order valence-corrected chi connectivity index (χ4v) is 2.98. The zero-order valence-electron chi connectivity index (χ0n) is 9.61. The van der Waals surface area contributed by atoms with Gasteiger partial charge in [0.1, 0.15) is 0 Å². The molecule has 0 aliphatic carbocycles. The summed E-state index contributed by atoms with van der Waals surface area (Å²) in [6.07, 6.45) is 2.61. The second-order valence-corrected chi connectivity index (χ2v) is 5.20. The van der Waals surface area contributed by atoms with Crippen LogP contribution in [0.3, 0.4) is 0 Å². The third-order valence-corrected chi connectivity index (χ3v) is 3.98. The average Bonchev–Trinajstić information content (AvgIpc) is 2.77.